The van der Waals surface area contributed by atoms with Gasteiger partial charge in [0.1, 0.15) is 5.84 Å². The molecule has 0 unspecified atom stereocenters. The van der Waals surface area contributed by atoms with Gasteiger partial charge >= 0.3 is 0 Å². The molecule has 0 amide bonds. The van der Waals surface area contributed by atoms with E-state index in [1.54, 1.807) is 0 Å². The number of hydrogen-bond acceptors (Lipinski definition) is 2. The van der Waals surface area contributed by atoms with Crippen LogP contribution in [0.5, 0.6) is 0 Å². The lowest BCUT2D eigenvalue weighted by molar-refractivity contribution is 1.23. The summed E-state index contributed by atoms with van der Waals surface area (Å²) in [6.45, 7) is 6.07. The van der Waals surface area contributed by atoms with E-state index in [0.717, 1.165) is 11.1 Å². The zero-order chi connectivity index (χ0) is 14.3. The summed E-state index contributed by atoms with van der Waals surface area (Å²) < 4.78 is 0. The standard InChI is InChI=1S/C14H15N3.C2H6/c1-10-2-4-11(5-3-10)12-6-8-13(9-7-12)14(15)17-16;1-2/h2-9H,16H2,1H3,(H2,15,17);1-2H3. The topological polar surface area (TPSA) is 64.4 Å². The number of nitrogens with two attached hydrogens (primary N) is 2. The Morgan fingerprint density at radius 1 is 0.842 bits per heavy atom. The van der Waals surface area contributed by atoms with E-state index in [9.17, 15) is 0 Å². The van der Waals surface area contributed by atoms with Crippen molar-refractivity contribution in [1.82, 2.24) is 0 Å². The summed E-state index contributed by atoms with van der Waals surface area (Å²) in [5.41, 5.74) is 10.1. The zero-order valence-corrected chi connectivity index (χ0v) is 11.7. The number of nitrogens with zero attached hydrogens (tertiary/aromatic N) is 1. The van der Waals surface area contributed by atoms with Gasteiger partial charge in [0.05, 0.1) is 0 Å². The highest BCUT2D eigenvalue weighted by atomic mass is 15.1. The molecule has 0 atom stereocenters. The van der Waals surface area contributed by atoms with E-state index in [-0.39, 0.29) is 0 Å². The van der Waals surface area contributed by atoms with Crippen molar-refractivity contribution >= 4 is 5.84 Å². The Hall–Kier alpha value is -2.29. The normalized spacial score (nSPS) is 10.6. The molecule has 2 rings (SSSR count). The Bertz CT molecular complexity index is 525. The number of benzene rings is 2. The average Bonchev–Trinajstić information content (AvgIpc) is 2.49. The number of rotatable bonds is 2. The first-order chi connectivity index (χ1) is 9.20. The highest BCUT2D eigenvalue weighted by Gasteiger charge is 2.00. The van der Waals surface area contributed by atoms with Gasteiger partial charge in [-0.2, -0.15) is 5.10 Å². The van der Waals surface area contributed by atoms with Crippen molar-refractivity contribution in [2.24, 2.45) is 16.7 Å². The molecule has 2 aromatic carbocycles. The number of hydrazone groups is 1. The smallest absolute Gasteiger partial charge is 0.150 e. The van der Waals surface area contributed by atoms with Crippen molar-refractivity contribution in [3.63, 3.8) is 0 Å². The van der Waals surface area contributed by atoms with E-state index in [1.165, 1.54) is 11.1 Å². The average molecular weight is 255 g/mol. The third-order valence-electron chi connectivity index (χ3n) is 2.70. The minimum absolute atomic E-state index is 0.348. The van der Waals surface area contributed by atoms with Crippen molar-refractivity contribution < 1.29 is 0 Å². The van der Waals surface area contributed by atoms with Crippen molar-refractivity contribution in [2.75, 3.05) is 0 Å². The van der Waals surface area contributed by atoms with E-state index in [4.69, 9.17) is 11.6 Å². The van der Waals surface area contributed by atoms with Gasteiger partial charge in [-0.15, -0.1) is 0 Å². The number of hydrogen-bond donors (Lipinski definition) is 2. The monoisotopic (exact) mass is 255 g/mol. The molecule has 0 saturated carbocycles. The SMILES string of the molecule is CC.Cc1ccc(-c2ccc(/C(N)=N/N)cc2)cc1. The maximum atomic E-state index is 5.63. The molecule has 0 aliphatic carbocycles. The Kier molecular flexibility index (Phi) is 5.61. The van der Waals surface area contributed by atoms with Gasteiger partial charge in [-0.05, 0) is 18.1 Å². The third kappa shape index (κ3) is 3.85. The van der Waals surface area contributed by atoms with Crippen LogP contribution in [0.3, 0.4) is 0 Å². The molecule has 0 radical (unpaired) electrons. The molecule has 4 N–H and O–H groups in total. The van der Waals surface area contributed by atoms with Crippen LogP contribution in [0.1, 0.15) is 25.0 Å². The molecule has 2 aromatic rings. The Labute approximate surface area is 114 Å². The molecular formula is C16H21N3. The van der Waals surface area contributed by atoms with Crippen LogP contribution >= 0.6 is 0 Å². The summed E-state index contributed by atoms with van der Waals surface area (Å²) in [5.74, 6) is 5.48. The van der Waals surface area contributed by atoms with Crippen molar-refractivity contribution in [3.8, 4) is 11.1 Å². The zero-order valence-electron chi connectivity index (χ0n) is 11.7. The fourth-order valence-corrected chi connectivity index (χ4v) is 1.65. The predicted octanol–water partition coefficient (Wildman–Crippen LogP) is 3.27. The highest BCUT2D eigenvalue weighted by molar-refractivity contribution is 5.97. The molecule has 0 spiro atoms. The van der Waals surface area contributed by atoms with E-state index >= 15 is 0 Å². The molecule has 3 heteroatoms. The lowest BCUT2D eigenvalue weighted by Crippen LogP contribution is -2.15. The van der Waals surface area contributed by atoms with Gasteiger partial charge in [-0.1, -0.05) is 67.9 Å². The van der Waals surface area contributed by atoms with Crippen LogP contribution in [0.4, 0.5) is 0 Å². The van der Waals surface area contributed by atoms with Gasteiger partial charge in [0.25, 0.3) is 0 Å². The van der Waals surface area contributed by atoms with Crippen LogP contribution in [0.25, 0.3) is 11.1 Å². The molecule has 0 heterocycles. The van der Waals surface area contributed by atoms with E-state index in [0.29, 0.717) is 5.84 Å². The highest BCUT2D eigenvalue weighted by Crippen LogP contribution is 2.20. The maximum absolute atomic E-state index is 5.63. The first-order valence-corrected chi connectivity index (χ1v) is 6.41. The van der Waals surface area contributed by atoms with Gasteiger partial charge in [0.2, 0.25) is 0 Å². The Balaban J connectivity index is 0.000000861. The van der Waals surface area contributed by atoms with E-state index < -0.39 is 0 Å². The van der Waals surface area contributed by atoms with Gasteiger partial charge < -0.3 is 11.6 Å². The molecule has 0 saturated heterocycles. The minimum atomic E-state index is 0.348. The fourth-order valence-electron chi connectivity index (χ4n) is 1.65. The molecular weight excluding hydrogens is 234 g/mol. The van der Waals surface area contributed by atoms with E-state index in [1.807, 2.05) is 38.1 Å². The lowest BCUT2D eigenvalue weighted by atomic mass is 10.0. The maximum Gasteiger partial charge on any atom is 0.150 e. The van der Waals surface area contributed by atoms with Crippen LogP contribution in [0, 0.1) is 6.92 Å². The lowest BCUT2D eigenvalue weighted by Gasteiger charge is -2.04. The number of amidine groups is 1. The van der Waals surface area contributed by atoms with E-state index in [2.05, 4.69) is 36.3 Å². The van der Waals surface area contributed by atoms with Gasteiger partial charge in [0.15, 0.2) is 0 Å². The molecule has 0 aromatic heterocycles. The first-order valence-electron chi connectivity index (χ1n) is 6.41. The second-order valence-electron chi connectivity index (χ2n) is 3.96. The quantitative estimate of drug-likeness (QED) is 0.374. The molecule has 100 valence electrons. The minimum Gasteiger partial charge on any atom is -0.382 e. The summed E-state index contributed by atoms with van der Waals surface area (Å²) >= 11 is 0. The second-order valence-corrected chi connectivity index (χ2v) is 3.96. The van der Waals surface area contributed by atoms with Crippen LogP contribution in [-0.2, 0) is 0 Å². The largest absolute Gasteiger partial charge is 0.382 e. The summed E-state index contributed by atoms with van der Waals surface area (Å²) in [6.07, 6.45) is 0. The fraction of sp³-hybridized carbons (Fsp3) is 0.188. The second kappa shape index (κ2) is 7.21. The van der Waals surface area contributed by atoms with Crippen molar-refractivity contribution in [1.29, 1.82) is 0 Å². The molecule has 3 nitrogen and oxygen atoms in total. The van der Waals surface area contributed by atoms with Gasteiger partial charge in [-0.3, -0.25) is 0 Å². The van der Waals surface area contributed by atoms with Crippen LogP contribution in [-0.4, -0.2) is 5.84 Å². The van der Waals surface area contributed by atoms with Gasteiger partial charge in [0, 0.05) is 5.56 Å². The van der Waals surface area contributed by atoms with Crippen molar-refractivity contribution in [2.45, 2.75) is 20.8 Å². The van der Waals surface area contributed by atoms with Crippen molar-refractivity contribution in [3.05, 3.63) is 59.7 Å². The third-order valence-corrected chi connectivity index (χ3v) is 2.70. The number of aryl methyl sites for hydroxylation is 1. The summed E-state index contributed by atoms with van der Waals surface area (Å²) in [4.78, 5) is 0. The van der Waals surface area contributed by atoms with Crippen LogP contribution in [0.15, 0.2) is 53.6 Å². The molecule has 0 bridgehead atoms. The molecule has 0 fully saturated rings. The predicted molar refractivity (Wildman–Crippen MR) is 82.9 cm³/mol. The van der Waals surface area contributed by atoms with Crippen LogP contribution < -0.4 is 11.6 Å². The molecule has 0 aliphatic heterocycles. The molecule has 19 heavy (non-hydrogen) atoms. The van der Waals surface area contributed by atoms with Crippen LogP contribution in [0.2, 0.25) is 0 Å². The molecule has 0 aliphatic rings. The van der Waals surface area contributed by atoms with Gasteiger partial charge in [-0.25, -0.2) is 0 Å². The Morgan fingerprint density at radius 3 is 1.68 bits per heavy atom. The summed E-state index contributed by atoms with van der Waals surface area (Å²) in [5, 5.41) is 3.47. The summed E-state index contributed by atoms with van der Waals surface area (Å²) in [7, 11) is 0. The Morgan fingerprint density at radius 2 is 1.26 bits per heavy atom. The summed E-state index contributed by atoms with van der Waals surface area (Å²) in [6, 6.07) is 16.3. The first kappa shape index (κ1) is 14.8.